The molecule has 0 aliphatic heterocycles. The van der Waals surface area contributed by atoms with E-state index in [-0.39, 0.29) is 0 Å². The van der Waals surface area contributed by atoms with Crippen molar-refractivity contribution in [1.82, 2.24) is 0 Å². The second-order valence-electron chi connectivity index (χ2n) is 6.20. The molecule has 0 amide bonds. The Kier molecular flexibility index (Phi) is 8.12. The van der Waals surface area contributed by atoms with Crippen LogP contribution in [-0.2, 0) is 19.7 Å². The van der Waals surface area contributed by atoms with E-state index in [0.717, 1.165) is 10.8 Å². The molecule has 0 saturated carbocycles. The largest absolute Gasteiger partial charge is 0.496 e. The van der Waals surface area contributed by atoms with Crippen molar-refractivity contribution in [2.24, 2.45) is 0 Å². The molecule has 0 aliphatic carbocycles. The number of methoxy groups -OCH3 is 4. The number of benzene rings is 2. The molecule has 0 heterocycles. The van der Waals surface area contributed by atoms with Crippen LogP contribution in [0.15, 0.2) is 47.2 Å². The molecule has 8 nitrogen and oxygen atoms in total. The highest BCUT2D eigenvalue weighted by Gasteiger charge is 2.19. The van der Waals surface area contributed by atoms with Crippen LogP contribution in [0.2, 0.25) is 0 Å². The molecular formula is C21H24O8S2. The number of hydrogen-bond acceptors (Lipinski definition) is 8. The molecule has 31 heavy (non-hydrogen) atoms. The first-order valence-electron chi connectivity index (χ1n) is 8.90. The van der Waals surface area contributed by atoms with Gasteiger partial charge in [-0.15, -0.1) is 0 Å². The van der Waals surface area contributed by atoms with Gasteiger partial charge in [-0.3, -0.25) is 0 Å². The molecule has 0 radical (unpaired) electrons. The van der Waals surface area contributed by atoms with Crippen molar-refractivity contribution in [3.05, 3.63) is 58.3 Å². The van der Waals surface area contributed by atoms with Gasteiger partial charge in [-0.1, -0.05) is 12.1 Å². The van der Waals surface area contributed by atoms with E-state index in [1.54, 1.807) is 36.4 Å². The third-order valence-electron chi connectivity index (χ3n) is 4.14. The zero-order valence-electron chi connectivity index (χ0n) is 17.6. The number of ether oxygens (including phenoxy) is 4. The lowest BCUT2D eigenvalue weighted by molar-refractivity contribution is 0.392. The van der Waals surface area contributed by atoms with Gasteiger partial charge in [0.1, 0.15) is 23.0 Å². The van der Waals surface area contributed by atoms with Crippen molar-refractivity contribution >= 4 is 31.8 Å². The monoisotopic (exact) mass is 468 g/mol. The minimum atomic E-state index is -4.12. The summed E-state index contributed by atoms with van der Waals surface area (Å²) in [5.74, 6) is 1.54. The summed E-state index contributed by atoms with van der Waals surface area (Å²) in [4.78, 5) is 0. The lowest BCUT2D eigenvalue weighted by Gasteiger charge is -2.10. The van der Waals surface area contributed by atoms with Crippen LogP contribution in [0.25, 0.3) is 12.2 Å². The fourth-order valence-electron chi connectivity index (χ4n) is 2.74. The second-order valence-corrected chi connectivity index (χ2v) is 10.3. The number of hydrogen-bond donors (Lipinski definition) is 0. The van der Waals surface area contributed by atoms with Crippen molar-refractivity contribution in [1.29, 1.82) is 0 Å². The molecule has 0 N–H and O–H groups in total. The molecule has 0 saturated heterocycles. The average Bonchev–Trinajstić information content (AvgIpc) is 2.74. The summed E-state index contributed by atoms with van der Waals surface area (Å²) in [6.45, 7) is 0. The van der Waals surface area contributed by atoms with Crippen LogP contribution in [0.4, 0.5) is 0 Å². The van der Waals surface area contributed by atoms with Crippen molar-refractivity contribution in [2.45, 2.75) is 0 Å². The van der Waals surface area contributed by atoms with E-state index in [9.17, 15) is 16.8 Å². The first kappa shape index (κ1) is 24.3. The highest BCUT2D eigenvalue weighted by atomic mass is 32.3. The summed E-state index contributed by atoms with van der Waals surface area (Å²) < 4.78 is 70.6. The first-order valence-corrected chi connectivity index (χ1v) is 12.3. The summed E-state index contributed by atoms with van der Waals surface area (Å²) >= 11 is 0. The summed E-state index contributed by atoms with van der Waals surface area (Å²) in [5.41, 5.74) is 0.755. The molecule has 0 fully saturated rings. The fraction of sp³-hybridized carbons (Fsp3) is 0.238. The van der Waals surface area contributed by atoms with Crippen molar-refractivity contribution in [2.75, 3.05) is 33.5 Å². The Morgan fingerprint density at radius 3 is 1.16 bits per heavy atom. The van der Waals surface area contributed by atoms with E-state index in [2.05, 4.69) is 0 Å². The summed E-state index contributed by atoms with van der Waals surface area (Å²) in [5, 5.41) is 0.535. The van der Waals surface area contributed by atoms with E-state index in [0.29, 0.717) is 34.1 Å². The quantitative estimate of drug-likeness (QED) is 0.524. The van der Waals surface area contributed by atoms with Gasteiger partial charge in [0.2, 0.25) is 0 Å². The maximum Gasteiger partial charge on any atom is 0.186 e. The van der Waals surface area contributed by atoms with Crippen LogP contribution in [0, 0.1) is 0 Å². The first-order chi connectivity index (χ1) is 14.7. The van der Waals surface area contributed by atoms with E-state index < -0.39 is 24.8 Å². The minimum absolute atomic E-state index is 0.378. The van der Waals surface area contributed by atoms with E-state index in [1.807, 2.05) is 0 Å². The number of sulfone groups is 2. The molecule has 2 aromatic rings. The van der Waals surface area contributed by atoms with Crippen molar-refractivity contribution in [3.8, 4) is 23.0 Å². The lowest BCUT2D eigenvalue weighted by atomic mass is 10.2. The normalized spacial score (nSPS) is 12.3. The zero-order valence-corrected chi connectivity index (χ0v) is 19.2. The van der Waals surface area contributed by atoms with Gasteiger partial charge >= 0.3 is 0 Å². The van der Waals surface area contributed by atoms with Gasteiger partial charge in [0.25, 0.3) is 0 Å². The van der Waals surface area contributed by atoms with Crippen LogP contribution in [0.5, 0.6) is 23.0 Å². The molecular weight excluding hydrogens is 444 g/mol. The van der Waals surface area contributed by atoms with Crippen molar-refractivity contribution in [3.63, 3.8) is 0 Å². The van der Waals surface area contributed by atoms with Crippen LogP contribution < -0.4 is 18.9 Å². The predicted molar refractivity (Wildman–Crippen MR) is 120 cm³/mol. The highest BCUT2D eigenvalue weighted by Crippen LogP contribution is 2.31. The van der Waals surface area contributed by atoms with Gasteiger partial charge in [-0.05, 0) is 36.4 Å². The van der Waals surface area contributed by atoms with Gasteiger partial charge < -0.3 is 18.9 Å². The van der Waals surface area contributed by atoms with Crippen molar-refractivity contribution < 1.29 is 35.8 Å². The van der Waals surface area contributed by atoms with Gasteiger partial charge in [0, 0.05) is 10.8 Å². The van der Waals surface area contributed by atoms with Gasteiger partial charge in [-0.2, -0.15) is 0 Å². The lowest BCUT2D eigenvalue weighted by Crippen LogP contribution is -2.12. The Morgan fingerprint density at radius 1 is 0.613 bits per heavy atom. The molecule has 168 valence electrons. The summed E-state index contributed by atoms with van der Waals surface area (Å²) in [7, 11) is -2.50. The van der Waals surface area contributed by atoms with Gasteiger partial charge in [0.05, 0.1) is 39.6 Å². The van der Waals surface area contributed by atoms with E-state index in [4.69, 9.17) is 18.9 Å². The van der Waals surface area contributed by atoms with Crippen LogP contribution >= 0.6 is 0 Å². The zero-order chi connectivity index (χ0) is 23.1. The third kappa shape index (κ3) is 6.50. The Labute approximate surface area is 182 Å². The molecule has 0 spiro atoms. The SMILES string of the molecule is COc1cccc(OC)c1C=CS(=O)(=O)CS(=O)(=O)C=Cc1c(OC)cccc1OC. The molecule has 0 atom stereocenters. The Morgan fingerprint density at radius 2 is 0.903 bits per heavy atom. The topological polar surface area (TPSA) is 105 Å². The third-order valence-corrected chi connectivity index (χ3v) is 7.87. The van der Waals surface area contributed by atoms with Gasteiger partial charge in [0.15, 0.2) is 24.8 Å². The van der Waals surface area contributed by atoms with Crippen LogP contribution in [0.3, 0.4) is 0 Å². The summed E-state index contributed by atoms with van der Waals surface area (Å²) in [6, 6.07) is 9.91. The average molecular weight is 469 g/mol. The number of rotatable bonds is 10. The van der Waals surface area contributed by atoms with Gasteiger partial charge in [-0.25, -0.2) is 16.8 Å². The smallest absolute Gasteiger partial charge is 0.186 e. The molecule has 2 rings (SSSR count). The molecule has 0 bridgehead atoms. The maximum atomic E-state index is 12.4. The highest BCUT2D eigenvalue weighted by molar-refractivity contribution is 8.10. The molecule has 0 unspecified atom stereocenters. The maximum absolute atomic E-state index is 12.4. The Balaban J connectivity index is 2.30. The molecule has 2 aromatic carbocycles. The second kappa shape index (κ2) is 10.4. The Bertz CT molecular complexity index is 1040. The van der Waals surface area contributed by atoms with Crippen LogP contribution in [0.1, 0.15) is 11.1 Å². The standard InChI is InChI=1S/C21H24O8S2/c1-26-18-7-5-8-19(27-2)16(18)11-13-30(22,23)15-31(24,25)14-12-17-20(28-3)9-6-10-21(17)29-4/h5-14H,15H2,1-4H3. The molecule has 0 aromatic heterocycles. The minimum Gasteiger partial charge on any atom is -0.496 e. The molecule has 10 heteroatoms. The molecule has 0 aliphatic rings. The van der Waals surface area contributed by atoms with Crippen LogP contribution in [-0.4, -0.2) is 50.4 Å². The summed E-state index contributed by atoms with van der Waals surface area (Å²) in [6.07, 6.45) is 2.49. The predicted octanol–water partition coefficient (Wildman–Crippen LogP) is 3.15. The van der Waals surface area contributed by atoms with E-state index in [1.165, 1.54) is 40.6 Å². The van der Waals surface area contributed by atoms with E-state index >= 15 is 0 Å². The fourth-order valence-corrected chi connectivity index (χ4v) is 5.89. The Hall–Kier alpha value is -2.98.